The predicted octanol–water partition coefficient (Wildman–Crippen LogP) is 8.08. The molecule has 5 aromatic carbocycles. The summed E-state index contributed by atoms with van der Waals surface area (Å²) in [5.41, 5.74) is 5.12. The van der Waals surface area contributed by atoms with E-state index in [-0.39, 0.29) is 17.0 Å². The van der Waals surface area contributed by atoms with Crippen molar-refractivity contribution in [1.29, 1.82) is 0 Å². The molecule has 0 aliphatic carbocycles. The van der Waals surface area contributed by atoms with Crippen molar-refractivity contribution in [2.75, 3.05) is 83.4 Å². The number of para-hydroxylation sites is 1. The molecule has 63 heavy (non-hydrogen) atoms. The zero-order valence-corrected chi connectivity index (χ0v) is 37.2. The second-order valence-corrected chi connectivity index (χ2v) is 18.2. The van der Waals surface area contributed by atoms with Gasteiger partial charge in [0.15, 0.2) is 0 Å². The van der Waals surface area contributed by atoms with Crippen molar-refractivity contribution in [3.05, 3.63) is 141 Å². The Morgan fingerprint density at radius 1 is 0.857 bits per heavy atom. The van der Waals surface area contributed by atoms with E-state index in [0.29, 0.717) is 50.3 Å². The third-order valence-electron chi connectivity index (χ3n) is 11.2. The number of nitro groups is 1. The second kappa shape index (κ2) is 21.2. The van der Waals surface area contributed by atoms with E-state index in [1.807, 2.05) is 49.3 Å². The van der Waals surface area contributed by atoms with Gasteiger partial charge < -0.3 is 24.6 Å². The van der Waals surface area contributed by atoms with Gasteiger partial charge in [0.2, 0.25) is 0 Å². The molecule has 1 amide bonds. The van der Waals surface area contributed by atoms with E-state index in [1.165, 1.54) is 30.5 Å². The zero-order chi connectivity index (χ0) is 44.3. The van der Waals surface area contributed by atoms with Crippen molar-refractivity contribution in [2.45, 2.75) is 37.3 Å². The van der Waals surface area contributed by atoms with Gasteiger partial charge in [-0.05, 0) is 124 Å². The van der Waals surface area contributed by atoms with Gasteiger partial charge in [0.1, 0.15) is 17.2 Å². The minimum absolute atomic E-state index is 0.0153. The molecule has 0 bridgehead atoms. The molecule has 14 nitrogen and oxygen atoms in total. The van der Waals surface area contributed by atoms with Crippen LogP contribution in [0.2, 0.25) is 5.02 Å². The first-order valence-corrected chi connectivity index (χ1v) is 23.0. The third-order valence-corrected chi connectivity index (χ3v) is 12.8. The number of nitrogens with one attached hydrogen (secondary N) is 2. The maximum Gasteiger partial charge on any atom is 0.293 e. The Morgan fingerprint density at radius 2 is 1.60 bits per heavy atom. The van der Waals surface area contributed by atoms with Crippen LogP contribution >= 0.6 is 11.6 Å². The third kappa shape index (κ3) is 12.1. The lowest BCUT2D eigenvalue weighted by Crippen LogP contribution is -2.46. The number of benzene rings is 5. The summed E-state index contributed by atoms with van der Waals surface area (Å²) in [4.78, 5) is 33.8. The Hall–Kier alpha value is -5.55. The lowest BCUT2D eigenvalue weighted by molar-refractivity contribution is -0.384. The quantitative estimate of drug-likeness (QED) is 0.0357. The first kappa shape index (κ1) is 45.5. The molecule has 2 heterocycles. The number of hydrogen-bond acceptors (Lipinski definition) is 12. The van der Waals surface area contributed by atoms with Crippen LogP contribution in [0.1, 0.15) is 40.7 Å². The molecule has 0 saturated carbocycles. The van der Waals surface area contributed by atoms with Gasteiger partial charge in [-0.25, -0.2) is 13.1 Å². The number of rotatable bonds is 19. The van der Waals surface area contributed by atoms with Gasteiger partial charge in [0.25, 0.3) is 21.6 Å². The van der Waals surface area contributed by atoms with E-state index < -0.39 is 31.4 Å². The van der Waals surface area contributed by atoms with Crippen molar-refractivity contribution in [2.24, 2.45) is 0 Å². The van der Waals surface area contributed by atoms with E-state index in [9.17, 15) is 23.3 Å². The average molecular weight is 897 g/mol. The van der Waals surface area contributed by atoms with Gasteiger partial charge in [-0.15, -0.1) is 0 Å². The van der Waals surface area contributed by atoms with Crippen molar-refractivity contribution in [3.8, 4) is 22.6 Å². The molecule has 7 rings (SSSR count). The van der Waals surface area contributed by atoms with Crippen LogP contribution in [0, 0.1) is 10.1 Å². The van der Waals surface area contributed by atoms with Gasteiger partial charge in [0, 0.05) is 62.1 Å². The lowest BCUT2D eigenvalue weighted by atomic mass is 9.95. The van der Waals surface area contributed by atoms with Crippen LogP contribution in [-0.4, -0.2) is 107 Å². The average Bonchev–Trinajstić information content (AvgIpc) is 3.80. The van der Waals surface area contributed by atoms with E-state index in [4.69, 9.17) is 21.1 Å². The molecular weight excluding hydrogens is 842 g/mol. The van der Waals surface area contributed by atoms with Crippen molar-refractivity contribution < 1.29 is 27.6 Å². The van der Waals surface area contributed by atoms with Gasteiger partial charge in [-0.3, -0.25) is 24.7 Å². The number of sulfonamides is 1. The molecule has 2 aliphatic heterocycles. The van der Waals surface area contributed by atoms with Crippen LogP contribution in [0.5, 0.6) is 11.5 Å². The van der Waals surface area contributed by atoms with Crippen LogP contribution < -0.4 is 19.7 Å². The maximum atomic E-state index is 13.8. The largest absolute Gasteiger partial charge is 0.456 e. The molecule has 0 spiro atoms. The number of piperazine rings is 1. The number of hydrogen-bond donors (Lipinski definition) is 2. The number of anilines is 2. The molecule has 16 heteroatoms. The summed E-state index contributed by atoms with van der Waals surface area (Å²) in [7, 11) is -0.582. The monoisotopic (exact) mass is 895 g/mol. The molecule has 2 fully saturated rings. The summed E-state index contributed by atoms with van der Waals surface area (Å²) < 4.78 is 41.6. The standard InChI is InChI=1S/C47H54ClN7O7S/c1-51(2)34-61-33-36-10-8-13-41(35-14-16-37(48)17-15-35)43(36)32-53-26-28-54(29-27-53)38-18-20-42(46(30-38)62-39-11-4-3-5-12-39)47(56)50-63(59,60)40-19-21-44(45(31-40)55(57)58)49-22-9-25-52-23-6-7-24-52/h3-5,8,10-21,30-31,49H,6-7,9,22-29,32-34H2,1-2H3,(H,50,56). The molecular formula is C47H54ClN7O7S. The molecule has 0 atom stereocenters. The molecule has 2 saturated heterocycles. The normalized spacial score (nSPS) is 14.8. The number of amides is 1. The maximum absolute atomic E-state index is 13.8. The van der Waals surface area contributed by atoms with E-state index in [2.05, 4.69) is 42.9 Å². The fourth-order valence-corrected chi connectivity index (χ4v) is 9.04. The predicted molar refractivity (Wildman–Crippen MR) is 247 cm³/mol. The van der Waals surface area contributed by atoms with Gasteiger partial charge in [0.05, 0.1) is 28.7 Å². The number of carbonyl (C=O) groups is 1. The highest BCUT2D eigenvalue weighted by Crippen LogP contribution is 2.34. The van der Waals surface area contributed by atoms with Gasteiger partial charge in [-0.2, -0.15) is 0 Å². The fraction of sp³-hybridized carbons (Fsp3) is 0.340. The summed E-state index contributed by atoms with van der Waals surface area (Å²) in [5, 5.41) is 15.8. The summed E-state index contributed by atoms with van der Waals surface area (Å²) >= 11 is 6.25. The highest BCUT2D eigenvalue weighted by molar-refractivity contribution is 7.90. The van der Waals surface area contributed by atoms with Gasteiger partial charge in [-0.1, -0.05) is 60.1 Å². The summed E-state index contributed by atoms with van der Waals surface area (Å²) in [5.74, 6) is -0.318. The first-order valence-electron chi connectivity index (χ1n) is 21.2. The Kier molecular flexibility index (Phi) is 15.3. The Labute approximate surface area is 374 Å². The lowest BCUT2D eigenvalue weighted by Gasteiger charge is -2.37. The van der Waals surface area contributed by atoms with Crippen molar-refractivity contribution >= 4 is 44.6 Å². The first-order chi connectivity index (χ1) is 30.4. The number of nitrogens with zero attached hydrogens (tertiary/aromatic N) is 5. The van der Waals surface area contributed by atoms with Crippen LogP contribution in [0.25, 0.3) is 11.1 Å². The number of carbonyl (C=O) groups excluding carboxylic acids is 1. The molecule has 332 valence electrons. The molecule has 2 aliphatic rings. The van der Waals surface area contributed by atoms with Crippen molar-refractivity contribution in [1.82, 2.24) is 19.4 Å². The highest BCUT2D eigenvalue weighted by atomic mass is 35.5. The van der Waals surface area contributed by atoms with Crippen molar-refractivity contribution in [3.63, 3.8) is 0 Å². The summed E-state index contributed by atoms with van der Waals surface area (Å²) in [6, 6.07) is 31.8. The van der Waals surface area contributed by atoms with Crippen LogP contribution in [-0.2, 0) is 27.9 Å². The molecule has 0 unspecified atom stereocenters. The Bertz CT molecular complexity index is 2460. The second-order valence-electron chi connectivity index (χ2n) is 16.1. The van der Waals surface area contributed by atoms with E-state index >= 15 is 0 Å². The highest BCUT2D eigenvalue weighted by Gasteiger charge is 2.27. The summed E-state index contributed by atoms with van der Waals surface area (Å²) in [6.07, 6.45) is 3.14. The topological polar surface area (TPSA) is 150 Å². The number of likely N-dealkylation sites (tertiary alicyclic amines) is 1. The molecule has 5 aromatic rings. The number of ether oxygens (including phenoxy) is 2. The van der Waals surface area contributed by atoms with Crippen LogP contribution in [0.3, 0.4) is 0 Å². The van der Waals surface area contributed by atoms with Crippen LogP contribution in [0.4, 0.5) is 17.1 Å². The van der Waals surface area contributed by atoms with Crippen LogP contribution in [0.15, 0.2) is 114 Å². The van der Waals surface area contributed by atoms with E-state index in [0.717, 1.165) is 67.6 Å². The van der Waals surface area contributed by atoms with E-state index in [1.54, 1.807) is 42.5 Å². The minimum atomic E-state index is -4.53. The number of nitro benzene ring substituents is 1. The number of halogens is 1. The molecule has 2 N–H and O–H groups in total. The van der Waals surface area contributed by atoms with Gasteiger partial charge >= 0.3 is 0 Å². The smallest absolute Gasteiger partial charge is 0.293 e. The SMILES string of the molecule is CN(C)COCc1cccc(-c2ccc(Cl)cc2)c1CN1CCN(c2ccc(C(=O)NS(=O)(=O)c3ccc(NCCCN4CCCC4)c([N+](=O)[O-])c3)c(Oc3ccccc3)c2)CC1. The molecule has 0 radical (unpaired) electrons. The Balaban J connectivity index is 1.06. The fourth-order valence-electron chi connectivity index (χ4n) is 7.92. The summed E-state index contributed by atoms with van der Waals surface area (Å²) in [6.45, 7) is 8.04. The molecule has 0 aromatic heterocycles. The zero-order valence-electron chi connectivity index (χ0n) is 35.7. The minimum Gasteiger partial charge on any atom is -0.456 e. The Morgan fingerprint density at radius 3 is 2.32 bits per heavy atom.